The first-order valence-electron chi connectivity index (χ1n) is 7.60. The molecule has 4 nitrogen and oxygen atoms in total. The number of hydrogen-bond acceptors (Lipinski definition) is 3. The van der Waals surface area contributed by atoms with Crippen LogP contribution in [0.15, 0.2) is 48.5 Å². The molecule has 114 valence electrons. The fraction of sp³-hybridized carbons (Fsp3) is 0.278. The third kappa shape index (κ3) is 2.97. The molecule has 3 rings (SSSR count). The minimum Gasteiger partial charge on any atom is -0.492 e. The van der Waals surface area contributed by atoms with E-state index < -0.39 is 0 Å². The van der Waals surface area contributed by atoms with Crippen LogP contribution in [0.3, 0.4) is 0 Å². The van der Waals surface area contributed by atoms with E-state index in [1.54, 1.807) is 0 Å². The van der Waals surface area contributed by atoms with Gasteiger partial charge < -0.3 is 15.4 Å². The molecule has 0 bridgehead atoms. The Morgan fingerprint density at radius 1 is 1.18 bits per heavy atom. The number of rotatable bonds is 5. The summed E-state index contributed by atoms with van der Waals surface area (Å²) in [5.41, 5.74) is 2.91. The van der Waals surface area contributed by atoms with Gasteiger partial charge in [-0.25, -0.2) is 0 Å². The summed E-state index contributed by atoms with van der Waals surface area (Å²) < 4.78 is 5.59. The van der Waals surface area contributed by atoms with Gasteiger partial charge in [0.05, 0.1) is 0 Å². The number of carbonyl (C=O) groups excluding carboxylic acids is 1. The molecule has 0 fully saturated rings. The molecule has 0 radical (unpaired) electrons. The second-order valence-corrected chi connectivity index (χ2v) is 5.33. The topological polar surface area (TPSA) is 50.4 Å². The zero-order valence-corrected chi connectivity index (χ0v) is 12.6. The second kappa shape index (κ2) is 6.62. The van der Waals surface area contributed by atoms with Crippen molar-refractivity contribution in [1.29, 1.82) is 0 Å². The van der Waals surface area contributed by atoms with Gasteiger partial charge in [-0.15, -0.1) is 0 Å². The monoisotopic (exact) mass is 296 g/mol. The van der Waals surface area contributed by atoms with Gasteiger partial charge in [0.2, 0.25) is 5.91 Å². The molecular weight excluding hydrogens is 276 g/mol. The molecular formula is C18H20N2O2. The van der Waals surface area contributed by atoms with Crippen molar-refractivity contribution in [2.45, 2.75) is 19.4 Å². The molecule has 1 unspecified atom stereocenters. The SMILES string of the molecule is CCNCc1ccccc1NC(=O)C1COc2ccccc21. The molecule has 0 spiro atoms. The molecule has 22 heavy (non-hydrogen) atoms. The highest BCUT2D eigenvalue weighted by molar-refractivity contribution is 5.97. The normalized spacial score (nSPS) is 16.0. The van der Waals surface area contributed by atoms with Gasteiger partial charge in [0.15, 0.2) is 0 Å². The van der Waals surface area contributed by atoms with E-state index >= 15 is 0 Å². The minimum atomic E-state index is -0.247. The number of fused-ring (bicyclic) bond motifs is 1. The lowest BCUT2D eigenvalue weighted by Crippen LogP contribution is -2.23. The van der Waals surface area contributed by atoms with E-state index in [4.69, 9.17) is 4.74 Å². The van der Waals surface area contributed by atoms with Crippen LogP contribution in [0.5, 0.6) is 5.75 Å². The maximum atomic E-state index is 12.6. The number of benzene rings is 2. The Morgan fingerprint density at radius 2 is 1.95 bits per heavy atom. The summed E-state index contributed by atoms with van der Waals surface area (Å²) in [6.45, 7) is 4.10. The van der Waals surface area contributed by atoms with E-state index in [1.165, 1.54) is 0 Å². The quantitative estimate of drug-likeness (QED) is 0.892. The second-order valence-electron chi connectivity index (χ2n) is 5.33. The molecule has 1 heterocycles. The third-order valence-electron chi connectivity index (χ3n) is 3.86. The van der Waals surface area contributed by atoms with Crippen LogP contribution < -0.4 is 15.4 Å². The summed E-state index contributed by atoms with van der Waals surface area (Å²) in [7, 11) is 0. The molecule has 0 saturated heterocycles. The van der Waals surface area contributed by atoms with E-state index in [2.05, 4.69) is 17.6 Å². The van der Waals surface area contributed by atoms with Gasteiger partial charge in [-0.2, -0.15) is 0 Å². The average Bonchev–Trinajstić information content (AvgIpc) is 2.98. The van der Waals surface area contributed by atoms with Crippen LogP contribution >= 0.6 is 0 Å². The lowest BCUT2D eigenvalue weighted by Gasteiger charge is -2.14. The fourth-order valence-electron chi connectivity index (χ4n) is 2.66. The van der Waals surface area contributed by atoms with Gasteiger partial charge in [0, 0.05) is 17.8 Å². The smallest absolute Gasteiger partial charge is 0.235 e. The molecule has 1 aliphatic heterocycles. The van der Waals surface area contributed by atoms with Crippen molar-refractivity contribution in [3.63, 3.8) is 0 Å². The predicted molar refractivity (Wildman–Crippen MR) is 87.1 cm³/mol. The summed E-state index contributed by atoms with van der Waals surface area (Å²) in [6, 6.07) is 15.6. The van der Waals surface area contributed by atoms with Gasteiger partial charge in [0.25, 0.3) is 0 Å². The molecule has 1 aliphatic rings. The number of amides is 1. The van der Waals surface area contributed by atoms with Crippen molar-refractivity contribution < 1.29 is 9.53 Å². The van der Waals surface area contributed by atoms with E-state index in [0.717, 1.165) is 35.7 Å². The third-order valence-corrected chi connectivity index (χ3v) is 3.86. The molecule has 0 aromatic heterocycles. The van der Waals surface area contributed by atoms with E-state index in [-0.39, 0.29) is 11.8 Å². The Morgan fingerprint density at radius 3 is 2.82 bits per heavy atom. The summed E-state index contributed by atoms with van der Waals surface area (Å²) in [5, 5.41) is 6.33. The molecule has 0 saturated carbocycles. The highest BCUT2D eigenvalue weighted by Crippen LogP contribution is 2.34. The zero-order valence-electron chi connectivity index (χ0n) is 12.6. The van der Waals surface area contributed by atoms with Crippen molar-refractivity contribution in [2.24, 2.45) is 0 Å². The van der Waals surface area contributed by atoms with Crippen LogP contribution in [-0.2, 0) is 11.3 Å². The van der Waals surface area contributed by atoms with E-state index in [9.17, 15) is 4.79 Å². The van der Waals surface area contributed by atoms with E-state index in [0.29, 0.717) is 6.61 Å². The first-order valence-corrected chi connectivity index (χ1v) is 7.60. The molecule has 1 atom stereocenters. The fourth-order valence-corrected chi connectivity index (χ4v) is 2.66. The molecule has 0 aliphatic carbocycles. The number of carbonyl (C=O) groups is 1. The van der Waals surface area contributed by atoms with Gasteiger partial charge in [-0.05, 0) is 24.2 Å². The van der Waals surface area contributed by atoms with Crippen LogP contribution in [-0.4, -0.2) is 19.1 Å². The zero-order chi connectivity index (χ0) is 15.4. The van der Waals surface area contributed by atoms with Gasteiger partial charge in [-0.1, -0.05) is 43.3 Å². The van der Waals surface area contributed by atoms with E-state index in [1.807, 2.05) is 48.5 Å². The lowest BCUT2D eigenvalue weighted by molar-refractivity contribution is -0.117. The molecule has 1 amide bonds. The number of hydrogen-bond donors (Lipinski definition) is 2. The molecule has 4 heteroatoms. The standard InChI is InChI=1S/C18H20N2O2/c1-2-19-11-13-7-3-5-9-16(13)20-18(21)15-12-22-17-10-6-4-8-14(15)17/h3-10,15,19H,2,11-12H2,1H3,(H,20,21). The summed E-state index contributed by atoms with van der Waals surface area (Å²) >= 11 is 0. The number of para-hydroxylation sites is 2. The minimum absolute atomic E-state index is 0.0195. The van der Waals surface area contributed by atoms with Crippen LogP contribution in [0.2, 0.25) is 0 Å². The summed E-state index contributed by atoms with van der Waals surface area (Å²) in [6.07, 6.45) is 0. The highest BCUT2D eigenvalue weighted by Gasteiger charge is 2.30. The Balaban J connectivity index is 1.76. The number of nitrogens with one attached hydrogen (secondary N) is 2. The summed E-state index contributed by atoms with van der Waals surface area (Å²) in [4.78, 5) is 12.6. The Labute approximate surface area is 130 Å². The van der Waals surface area contributed by atoms with Crippen LogP contribution in [0, 0.1) is 0 Å². The van der Waals surface area contributed by atoms with Crippen LogP contribution in [0.4, 0.5) is 5.69 Å². The lowest BCUT2D eigenvalue weighted by atomic mass is 10.00. The maximum absolute atomic E-state index is 12.6. The predicted octanol–water partition coefficient (Wildman–Crippen LogP) is 2.91. The molecule has 2 aromatic rings. The largest absolute Gasteiger partial charge is 0.492 e. The molecule has 2 N–H and O–H groups in total. The van der Waals surface area contributed by atoms with Crippen molar-refractivity contribution in [1.82, 2.24) is 5.32 Å². The summed E-state index contributed by atoms with van der Waals surface area (Å²) in [5.74, 6) is 0.542. The van der Waals surface area contributed by atoms with Gasteiger partial charge in [-0.3, -0.25) is 4.79 Å². The van der Waals surface area contributed by atoms with Gasteiger partial charge >= 0.3 is 0 Å². The highest BCUT2D eigenvalue weighted by atomic mass is 16.5. The van der Waals surface area contributed by atoms with Gasteiger partial charge in [0.1, 0.15) is 18.3 Å². The number of ether oxygens (including phenoxy) is 1. The van der Waals surface area contributed by atoms with Crippen molar-refractivity contribution in [3.8, 4) is 5.75 Å². The maximum Gasteiger partial charge on any atom is 0.235 e. The number of anilines is 1. The Bertz CT molecular complexity index is 670. The first-order chi connectivity index (χ1) is 10.8. The van der Waals surface area contributed by atoms with Crippen LogP contribution in [0.25, 0.3) is 0 Å². The molecule has 2 aromatic carbocycles. The van der Waals surface area contributed by atoms with Crippen molar-refractivity contribution in [3.05, 3.63) is 59.7 Å². The average molecular weight is 296 g/mol. The van der Waals surface area contributed by atoms with Crippen molar-refractivity contribution >= 4 is 11.6 Å². The Hall–Kier alpha value is -2.33. The van der Waals surface area contributed by atoms with Crippen LogP contribution in [0.1, 0.15) is 24.0 Å². The van der Waals surface area contributed by atoms with Crippen molar-refractivity contribution in [2.75, 3.05) is 18.5 Å². The first kappa shape index (κ1) is 14.6. The Kier molecular flexibility index (Phi) is 4.39.